The molecule has 2 atom stereocenters. The second-order valence-electron chi connectivity index (χ2n) is 2.74. The van der Waals surface area contributed by atoms with Gasteiger partial charge in [0.25, 0.3) is 0 Å². The van der Waals surface area contributed by atoms with E-state index in [1.807, 2.05) is 0 Å². The highest BCUT2D eigenvalue weighted by atomic mass is 35.5. The van der Waals surface area contributed by atoms with Crippen LogP contribution in [0.3, 0.4) is 0 Å². The first-order valence-electron chi connectivity index (χ1n) is 3.43. The van der Waals surface area contributed by atoms with Gasteiger partial charge in [-0.05, 0) is 6.92 Å². The summed E-state index contributed by atoms with van der Waals surface area (Å²) in [5.41, 5.74) is 0. The van der Waals surface area contributed by atoms with Crippen molar-refractivity contribution in [3.05, 3.63) is 0 Å². The average molecular weight is 321 g/mol. The van der Waals surface area contributed by atoms with Crippen LogP contribution >= 0.6 is 50.0 Å². The smallest absolute Gasteiger partial charge is 0.324 e. The normalized spacial score (nSPS) is 19.7. The quantitative estimate of drug-likeness (QED) is 0.529. The predicted molar refractivity (Wildman–Crippen MR) is 57.6 cm³/mol. The Bertz CT molecular complexity index is 308. The number of hydrogen-bond donors (Lipinski definition) is 3. The molecule has 6 nitrogen and oxygen atoms in total. The van der Waals surface area contributed by atoms with Crippen molar-refractivity contribution < 1.29 is 28.3 Å². The van der Waals surface area contributed by atoms with Gasteiger partial charge in [-0.2, -0.15) is 0 Å². The first kappa shape index (κ1) is 16.2. The van der Waals surface area contributed by atoms with E-state index in [-0.39, 0.29) is 0 Å². The van der Waals surface area contributed by atoms with Crippen molar-refractivity contribution >= 4 is 50.0 Å². The number of halogens is 3. The van der Waals surface area contributed by atoms with Crippen LogP contribution in [0, 0.1) is 0 Å². The highest BCUT2D eigenvalue weighted by molar-refractivity contribution is 7.58. The van der Waals surface area contributed by atoms with Crippen molar-refractivity contribution in [2.24, 2.45) is 0 Å². The van der Waals surface area contributed by atoms with E-state index in [9.17, 15) is 9.13 Å². The molecule has 15 heavy (non-hydrogen) atoms. The third kappa shape index (κ3) is 7.97. The van der Waals surface area contributed by atoms with Gasteiger partial charge in [0, 0.05) is 0 Å². The summed E-state index contributed by atoms with van der Waals surface area (Å²) in [6.45, 7) is 1.08. The predicted octanol–water partition coefficient (Wildman–Crippen LogP) is 2.08. The Hall–Kier alpha value is 1.17. The van der Waals surface area contributed by atoms with Gasteiger partial charge >= 0.3 is 15.2 Å². The largest absolute Gasteiger partial charge is 0.343 e. The molecule has 0 aromatic carbocycles. The van der Waals surface area contributed by atoms with Gasteiger partial charge in [0.05, 0.1) is 6.16 Å². The van der Waals surface area contributed by atoms with Gasteiger partial charge in [0.1, 0.15) is 5.12 Å². The van der Waals surface area contributed by atoms with Gasteiger partial charge in [0.15, 0.2) is 0 Å². The first-order valence-corrected chi connectivity index (χ1v) is 8.07. The lowest BCUT2D eigenvalue weighted by Crippen LogP contribution is -2.15. The summed E-state index contributed by atoms with van der Waals surface area (Å²) >= 11 is 15.8. The van der Waals surface area contributed by atoms with Crippen LogP contribution < -0.4 is 0 Å². The molecular weight excluding hydrogens is 312 g/mol. The zero-order chi connectivity index (χ0) is 12.5. The van der Waals surface area contributed by atoms with Crippen molar-refractivity contribution in [1.82, 2.24) is 0 Å². The Morgan fingerprint density at radius 3 is 2.00 bits per heavy atom. The molecule has 0 aliphatic heterocycles. The lowest BCUT2D eigenvalue weighted by Gasteiger charge is -2.21. The number of hydrogen-bond acceptors (Lipinski definition) is 3. The summed E-state index contributed by atoms with van der Waals surface area (Å²) < 4.78 is 24.2. The molecule has 0 aromatic heterocycles. The average Bonchev–Trinajstić information content (AvgIpc) is 1.76. The van der Waals surface area contributed by atoms with Gasteiger partial charge < -0.3 is 14.7 Å². The number of rotatable bonds is 5. The molecule has 92 valence electrons. The molecule has 11 heteroatoms. The molecule has 0 amide bonds. The van der Waals surface area contributed by atoms with Gasteiger partial charge in [-0.25, -0.2) is 0 Å². The Morgan fingerprint density at radius 2 is 1.73 bits per heavy atom. The lowest BCUT2D eigenvalue weighted by atomic mass is 10.9. The molecule has 0 heterocycles. The second-order valence-corrected chi connectivity index (χ2v) is 8.83. The maximum absolute atomic E-state index is 11.2. The summed E-state index contributed by atoms with van der Waals surface area (Å²) in [7, 11) is -9.01. The molecule has 0 bridgehead atoms. The minimum absolute atomic E-state index is 0.951. The number of alkyl halides is 3. The minimum atomic E-state index is -4.65. The van der Waals surface area contributed by atoms with Crippen molar-refractivity contribution in [2.75, 3.05) is 6.16 Å². The molecule has 0 saturated carbocycles. The molecule has 0 radical (unpaired) electrons. The van der Waals surface area contributed by atoms with Gasteiger partial charge in [0.2, 0.25) is 4.52 Å². The van der Waals surface area contributed by atoms with E-state index in [0.717, 1.165) is 6.92 Å². The van der Waals surface area contributed by atoms with E-state index in [2.05, 4.69) is 4.52 Å². The third-order valence-corrected chi connectivity index (χ3v) is 5.23. The van der Waals surface area contributed by atoms with Crippen LogP contribution in [-0.4, -0.2) is 30.5 Å². The van der Waals surface area contributed by atoms with Crippen LogP contribution in [0.15, 0.2) is 0 Å². The molecule has 2 unspecified atom stereocenters. The fourth-order valence-corrected chi connectivity index (χ4v) is 4.18. The Balaban J connectivity index is 4.53. The third-order valence-electron chi connectivity index (χ3n) is 1.05. The van der Waals surface area contributed by atoms with Crippen LogP contribution in [0.2, 0.25) is 0 Å². The molecule has 0 aliphatic carbocycles. The van der Waals surface area contributed by atoms with Gasteiger partial charge in [-0.3, -0.25) is 13.7 Å². The van der Waals surface area contributed by atoms with Crippen molar-refractivity contribution in [1.29, 1.82) is 0 Å². The molecule has 0 fully saturated rings. The summed E-state index contributed by atoms with van der Waals surface area (Å²) in [6, 6.07) is 0. The molecule has 0 saturated heterocycles. The van der Waals surface area contributed by atoms with Crippen LogP contribution in [0.5, 0.6) is 0 Å². The zero-order valence-electron chi connectivity index (χ0n) is 7.38. The van der Waals surface area contributed by atoms with E-state index >= 15 is 0 Å². The van der Waals surface area contributed by atoms with E-state index in [1.165, 1.54) is 0 Å². The molecule has 0 spiro atoms. The van der Waals surface area contributed by atoms with E-state index in [0.29, 0.717) is 0 Å². The molecule has 0 aliphatic rings. The van der Waals surface area contributed by atoms with Crippen molar-refractivity contribution in [2.45, 2.75) is 16.6 Å². The zero-order valence-corrected chi connectivity index (χ0v) is 11.4. The second kappa shape index (κ2) is 5.21. The van der Waals surface area contributed by atoms with Crippen LogP contribution in [0.4, 0.5) is 0 Å². The van der Waals surface area contributed by atoms with Crippen LogP contribution in [0.1, 0.15) is 6.92 Å². The van der Waals surface area contributed by atoms with E-state index in [4.69, 9.17) is 49.5 Å². The first-order chi connectivity index (χ1) is 6.33. The topological polar surface area (TPSA) is 104 Å². The molecule has 0 aromatic rings. The molecule has 0 rings (SSSR count). The highest BCUT2D eigenvalue weighted by Crippen LogP contribution is 2.55. The highest BCUT2D eigenvalue weighted by Gasteiger charge is 2.38. The van der Waals surface area contributed by atoms with E-state index < -0.39 is 31.0 Å². The Morgan fingerprint density at radius 1 is 1.33 bits per heavy atom. The van der Waals surface area contributed by atoms with E-state index in [1.54, 1.807) is 0 Å². The van der Waals surface area contributed by atoms with Crippen LogP contribution in [-0.2, 0) is 13.7 Å². The summed E-state index contributed by atoms with van der Waals surface area (Å²) in [6.07, 6.45) is -0.951. The Labute approximate surface area is 101 Å². The SMILES string of the molecule is CC(Cl)(Cl)OP(=O)(O)CC(Cl)P(=O)(O)O. The Kier molecular flexibility index (Phi) is 5.62. The summed E-state index contributed by atoms with van der Waals surface area (Å²) in [5, 5.41) is -1.83. The summed E-state index contributed by atoms with van der Waals surface area (Å²) in [5.74, 6) is 0. The molecular formula is C4H9Cl3O6P2. The van der Waals surface area contributed by atoms with Crippen molar-refractivity contribution in [3.8, 4) is 0 Å². The van der Waals surface area contributed by atoms with Gasteiger partial charge in [-0.1, -0.05) is 23.2 Å². The molecule has 3 N–H and O–H groups in total. The maximum atomic E-state index is 11.2. The van der Waals surface area contributed by atoms with Crippen molar-refractivity contribution in [3.63, 3.8) is 0 Å². The lowest BCUT2D eigenvalue weighted by molar-refractivity contribution is 0.219. The monoisotopic (exact) mass is 320 g/mol. The fourth-order valence-electron chi connectivity index (χ4n) is 0.584. The standard InChI is InChI=1S/C4H9Cl3O6P2/c1-4(6,7)13-14(8,9)2-3(5)15(10,11)12/h3H,2H2,1H3,(H,8,9)(H2,10,11,12). The summed E-state index contributed by atoms with van der Waals surface area (Å²) in [4.78, 5) is 26.3. The minimum Gasteiger partial charge on any atom is -0.324 e. The maximum Gasteiger partial charge on any atom is 0.343 e. The van der Waals surface area contributed by atoms with Gasteiger partial charge in [-0.15, -0.1) is 11.6 Å². The fraction of sp³-hybridized carbons (Fsp3) is 1.00. The van der Waals surface area contributed by atoms with Crippen LogP contribution in [0.25, 0.3) is 0 Å².